The second-order valence-electron chi connectivity index (χ2n) is 8.13. The molecule has 1 fully saturated rings. The molecule has 2 amide bonds. The molecule has 146 valence electrons. The second-order valence-corrected chi connectivity index (χ2v) is 8.13. The van der Waals surface area contributed by atoms with Crippen molar-refractivity contribution in [3.63, 3.8) is 0 Å². The molecule has 5 heteroatoms. The topological polar surface area (TPSA) is 74.7 Å². The van der Waals surface area contributed by atoms with Crippen molar-refractivity contribution in [1.82, 2.24) is 0 Å². The Morgan fingerprint density at radius 1 is 0.700 bits per heavy atom. The maximum atomic E-state index is 13.6. The van der Waals surface area contributed by atoms with Gasteiger partial charge in [-0.25, -0.2) is 9.69 Å². The third-order valence-electron chi connectivity index (χ3n) is 6.80. The minimum absolute atomic E-state index is 0.0533. The Bertz CT molecular complexity index is 1150. The summed E-state index contributed by atoms with van der Waals surface area (Å²) in [5.41, 5.74) is 4.84. The molecule has 0 unspecified atom stereocenters. The van der Waals surface area contributed by atoms with Gasteiger partial charge in [0.25, 0.3) is 0 Å². The van der Waals surface area contributed by atoms with Crippen LogP contribution in [0, 0.1) is 11.8 Å². The van der Waals surface area contributed by atoms with Crippen molar-refractivity contribution in [2.24, 2.45) is 11.8 Å². The van der Waals surface area contributed by atoms with E-state index in [4.69, 9.17) is 0 Å². The van der Waals surface area contributed by atoms with Gasteiger partial charge in [-0.1, -0.05) is 54.6 Å². The molecule has 0 spiro atoms. The molecule has 2 bridgehead atoms. The summed E-state index contributed by atoms with van der Waals surface area (Å²) in [5, 5.41) is 9.33. The summed E-state index contributed by atoms with van der Waals surface area (Å²) in [4.78, 5) is 39.8. The number of benzene rings is 3. The Kier molecular flexibility index (Phi) is 3.37. The van der Waals surface area contributed by atoms with Crippen molar-refractivity contribution in [3.8, 4) is 0 Å². The lowest BCUT2D eigenvalue weighted by Crippen LogP contribution is -2.41. The molecule has 5 nitrogen and oxygen atoms in total. The average molecular weight is 395 g/mol. The summed E-state index contributed by atoms with van der Waals surface area (Å²) in [6.45, 7) is 0. The molecule has 3 aliphatic carbocycles. The van der Waals surface area contributed by atoms with Gasteiger partial charge in [0, 0.05) is 11.8 Å². The molecule has 30 heavy (non-hydrogen) atoms. The molecule has 1 aliphatic heterocycles. The minimum Gasteiger partial charge on any atom is -0.478 e. The maximum Gasteiger partial charge on any atom is 0.335 e. The monoisotopic (exact) mass is 395 g/mol. The highest BCUT2D eigenvalue weighted by Gasteiger charge is 2.61. The number of aromatic carboxylic acids is 1. The number of nitrogens with zero attached hydrogens (tertiary/aromatic N) is 1. The largest absolute Gasteiger partial charge is 0.478 e. The van der Waals surface area contributed by atoms with Crippen molar-refractivity contribution < 1.29 is 19.5 Å². The number of imide groups is 1. The van der Waals surface area contributed by atoms with Gasteiger partial charge >= 0.3 is 5.97 Å². The molecule has 1 heterocycles. The van der Waals surface area contributed by atoms with Gasteiger partial charge in [-0.2, -0.15) is 0 Å². The van der Waals surface area contributed by atoms with Crippen molar-refractivity contribution in [2.75, 3.05) is 4.90 Å². The van der Waals surface area contributed by atoms with Crippen molar-refractivity contribution >= 4 is 23.5 Å². The number of anilines is 1. The molecule has 2 atom stereocenters. The first-order chi connectivity index (χ1) is 14.6. The quantitative estimate of drug-likeness (QED) is 0.670. The zero-order valence-electron chi connectivity index (χ0n) is 15.9. The molecule has 3 aromatic rings. The highest BCUT2D eigenvalue weighted by atomic mass is 16.4. The SMILES string of the molecule is O=C(O)c1cccc(N2C(=O)[C@@H]3C4c5ccccc5C(c5ccccc54)[C@@H]3C2=O)c1. The fourth-order valence-electron chi connectivity index (χ4n) is 5.71. The van der Waals surface area contributed by atoms with Gasteiger partial charge in [-0.15, -0.1) is 0 Å². The number of hydrogen-bond donors (Lipinski definition) is 1. The fourth-order valence-corrected chi connectivity index (χ4v) is 5.71. The number of carboxylic acids is 1. The van der Waals surface area contributed by atoms with Crippen LogP contribution in [0.3, 0.4) is 0 Å². The first-order valence-electron chi connectivity index (χ1n) is 9.96. The third-order valence-corrected chi connectivity index (χ3v) is 6.80. The standard InChI is InChI=1S/C25H17NO4/c27-23-21-19-15-8-1-2-9-16(15)20(18-11-4-3-10-17(18)19)22(21)24(28)26(23)14-7-5-6-13(12-14)25(29)30/h1-12,19-22H,(H,29,30)/t19?,20?,21-,22+. The van der Waals surface area contributed by atoms with Crippen LogP contribution in [0.2, 0.25) is 0 Å². The lowest BCUT2D eigenvalue weighted by molar-refractivity contribution is -0.122. The van der Waals surface area contributed by atoms with Crippen LogP contribution >= 0.6 is 0 Å². The van der Waals surface area contributed by atoms with E-state index in [1.165, 1.54) is 17.0 Å². The number of carbonyl (C=O) groups is 3. The van der Waals surface area contributed by atoms with Crippen LogP contribution in [-0.4, -0.2) is 22.9 Å². The molecule has 0 radical (unpaired) electrons. The molecule has 4 aliphatic rings. The van der Waals surface area contributed by atoms with E-state index in [0.29, 0.717) is 5.69 Å². The van der Waals surface area contributed by atoms with E-state index >= 15 is 0 Å². The molecule has 7 rings (SSSR count). The molecule has 1 saturated heterocycles. The summed E-state index contributed by atoms with van der Waals surface area (Å²) in [7, 11) is 0. The number of carbonyl (C=O) groups excluding carboxylic acids is 2. The lowest BCUT2D eigenvalue weighted by Gasteiger charge is -2.45. The van der Waals surface area contributed by atoms with E-state index in [0.717, 1.165) is 22.3 Å². The molecule has 3 aromatic carbocycles. The molecule has 1 N–H and O–H groups in total. The van der Waals surface area contributed by atoms with Crippen LogP contribution in [-0.2, 0) is 9.59 Å². The molecular formula is C25H17NO4. The lowest BCUT2D eigenvalue weighted by atomic mass is 9.55. The van der Waals surface area contributed by atoms with Crippen LogP contribution in [0.4, 0.5) is 5.69 Å². The van der Waals surface area contributed by atoms with Crippen LogP contribution in [0.1, 0.15) is 44.4 Å². The number of hydrogen-bond acceptors (Lipinski definition) is 3. The Labute approximate surface area is 172 Å². The van der Waals surface area contributed by atoms with E-state index < -0.39 is 17.8 Å². The van der Waals surface area contributed by atoms with E-state index in [-0.39, 0.29) is 29.2 Å². The van der Waals surface area contributed by atoms with Gasteiger partial charge in [0.05, 0.1) is 23.1 Å². The van der Waals surface area contributed by atoms with Gasteiger partial charge in [0.1, 0.15) is 0 Å². The van der Waals surface area contributed by atoms with E-state index in [9.17, 15) is 19.5 Å². The molecule has 0 aromatic heterocycles. The zero-order valence-corrected chi connectivity index (χ0v) is 15.9. The molecular weight excluding hydrogens is 378 g/mol. The van der Waals surface area contributed by atoms with E-state index in [1.54, 1.807) is 12.1 Å². The van der Waals surface area contributed by atoms with Crippen LogP contribution < -0.4 is 4.90 Å². The van der Waals surface area contributed by atoms with Crippen molar-refractivity contribution in [3.05, 3.63) is 101 Å². The number of carboxylic acid groups (broad SMARTS) is 1. The zero-order chi connectivity index (χ0) is 20.6. The predicted molar refractivity (Wildman–Crippen MR) is 109 cm³/mol. The minimum atomic E-state index is -1.09. The summed E-state index contributed by atoms with van der Waals surface area (Å²) in [5.74, 6) is -2.86. The van der Waals surface area contributed by atoms with Gasteiger partial charge in [-0.3, -0.25) is 9.59 Å². The van der Waals surface area contributed by atoms with E-state index in [1.807, 2.05) is 24.3 Å². The van der Waals surface area contributed by atoms with Gasteiger partial charge < -0.3 is 5.11 Å². The summed E-state index contributed by atoms with van der Waals surface area (Å²) < 4.78 is 0. The maximum absolute atomic E-state index is 13.6. The Morgan fingerprint density at radius 2 is 1.17 bits per heavy atom. The van der Waals surface area contributed by atoms with Crippen molar-refractivity contribution in [2.45, 2.75) is 11.8 Å². The highest BCUT2D eigenvalue weighted by Crippen LogP contribution is 2.61. The Balaban J connectivity index is 1.54. The average Bonchev–Trinajstić information content (AvgIpc) is 3.04. The summed E-state index contributed by atoms with van der Waals surface area (Å²) >= 11 is 0. The van der Waals surface area contributed by atoms with Crippen molar-refractivity contribution in [1.29, 1.82) is 0 Å². The summed E-state index contributed by atoms with van der Waals surface area (Å²) in [6, 6.07) is 22.2. The summed E-state index contributed by atoms with van der Waals surface area (Å²) in [6.07, 6.45) is 0. The Hall–Kier alpha value is -3.73. The second kappa shape index (κ2) is 5.89. The highest BCUT2D eigenvalue weighted by molar-refractivity contribution is 6.23. The Morgan fingerprint density at radius 3 is 1.60 bits per heavy atom. The fraction of sp³-hybridized carbons (Fsp3) is 0.160. The molecule has 0 saturated carbocycles. The van der Waals surface area contributed by atoms with E-state index in [2.05, 4.69) is 24.3 Å². The number of amides is 2. The smallest absolute Gasteiger partial charge is 0.335 e. The van der Waals surface area contributed by atoms with Crippen LogP contribution in [0.25, 0.3) is 0 Å². The normalized spacial score (nSPS) is 25.7. The number of rotatable bonds is 2. The van der Waals surface area contributed by atoms with Gasteiger partial charge in [0.2, 0.25) is 11.8 Å². The van der Waals surface area contributed by atoms with Gasteiger partial charge in [0.15, 0.2) is 0 Å². The third kappa shape index (κ3) is 2.04. The predicted octanol–water partition coefficient (Wildman–Crippen LogP) is 3.78. The van der Waals surface area contributed by atoms with Crippen LogP contribution in [0.5, 0.6) is 0 Å². The first kappa shape index (κ1) is 17.2. The van der Waals surface area contributed by atoms with Gasteiger partial charge in [-0.05, 0) is 40.5 Å². The van der Waals surface area contributed by atoms with Crippen LogP contribution in [0.15, 0.2) is 72.8 Å². The first-order valence-corrected chi connectivity index (χ1v) is 9.96.